The van der Waals surface area contributed by atoms with Crippen LogP contribution in [-0.4, -0.2) is 34.2 Å². The number of hydrogen-bond donors (Lipinski definition) is 2. The molecule has 1 aliphatic rings. The minimum Gasteiger partial charge on any atom is -0.493 e. The summed E-state index contributed by atoms with van der Waals surface area (Å²) in [6.45, 7) is 6.15. The molecule has 0 aliphatic heterocycles. The van der Waals surface area contributed by atoms with E-state index < -0.39 is 6.04 Å². The predicted molar refractivity (Wildman–Crippen MR) is 112 cm³/mol. The molecule has 2 N–H and O–H groups in total. The van der Waals surface area contributed by atoms with E-state index in [9.17, 15) is 9.59 Å². The van der Waals surface area contributed by atoms with Crippen molar-refractivity contribution in [3.05, 3.63) is 42.1 Å². The van der Waals surface area contributed by atoms with Crippen LogP contribution in [0, 0.1) is 5.92 Å². The number of carbonyl (C=O) groups is 2. The normalized spacial score (nSPS) is 15.3. The Balaban J connectivity index is 1.72. The van der Waals surface area contributed by atoms with Gasteiger partial charge in [-0.2, -0.15) is 5.10 Å². The van der Waals surface area contributed by atoms with Crippen LogP contribution in [0.25, 0.3) is 0 Å². The second-order valence-corrected chi connectivity index (χ2v) is 7.71. The Morgan fingerprint density at radius 2 is 1.93 bits per heavy atom. The number of aromatic nitrogens is 2. The minimum atomic E-state index is -0.677. The Labute approximate surface area is 171 Å². The Morgan fingerprint density at radius 3 is 2.62 bits per heavy atom. The maximum atomic E-state index is 13.0. The largest absolute Gasteiger partial charge is 0.493 e. The zero-order chi connectivity index (χ0) is 20.8. The summed E-state index contributed by atoms with van der Waals surface area (Å²) in [5, 5.41) is 10.2. The molecular weight excluding hydrogens is 368 g/mol. The molecule has 0 saturated heterocycles. The Morgan fingerprint density at radius 1 is 1.21 bits per heavy atom. The van der Waals surface area contributed by atoms with Gasteiger partial charge in [-0.1, -0.05) is 38.8 Å². The molecule has 7 heteroatoms. The van der Waals surface area contributed by atoms with Gasteiger partial charge in [0.1, 0.15) is 17.6 Å². The van der Waals surface area contributed by atoms with Gasteiger partial charge in [0.05, 0.1) is 24.4 Å². The van der Waals surface area contributed by atoms with E-state index in [4.69, 9.17) is 4.74 Å². The van der Waals surface area contributed by atoms with Crippen LogP contribution >= 0.6 is 0 Å². The van der Waals surface area contributed by atoms with Crippen LogP contribution in [0.15, 0.2) is 36.5 Å². The van der Waals surface area contributed by atoms with Crippen molar-refractivity contribution in [1.29, 1.82) is 0 Å². The highest BCUT2D eigenvalue weighted by molar-refractivity contribution is 6.02. The van der Waals surface area contributed by atoms with E-state index >= 15 is 0 Å². The standard InChI is InChI=1S/C22H30N4O3/c1-4-29-18-12-8-7-11-17(18)21(27)25-20(15(2)3)22(28)24-19-13-14-23-26(19)16-9-5-6-10-16/h7-8,11-16,20H,4-6,9-10H2,1-3H3,(H,24,28)(H,25,27)/t20-/m0/s1. The van der Waals surface area contributed by atoms with Gasteiger partial charge in [0.2, 0.25) is 5.91 Å². The molecule has 29 heavy (non-hydrogen) atoms. The van der Waals surface area contributed by atoms with Crippen molar-refractivity contribution in [2.75, 3.05) is 11.9 Å². The van der Waals surface area contributed by atoms with Crippen LogP contribution in [0.3, 0.4) is 0 Å². The highest BCUT2D eigenvalue weighted by Crippen LogP contribution is 2.31. The number of ether oxygens (including phenoxy) is 1. The monoisotopic (exact) mass is 398 g/mol. The summed E-state index contributed by atoms with van der Waals surface area (Å²) in [5.41, 5.74) is 0.420. The fraction of sp³-hybridized carbons (Fsp3) is 0.500. The molecule has 2 aromatic rings. The second kappa shape index (κ2) is 9.58. The topological polar surface area (TPSA) is 85.2 Å². The third-order valence-electron chi connectivity index (χ3n) is 5.26. The van der Waals surface area contributed by atoms with Crippen LogP contribution in [0.1, 0.15) is 62.9 Å². The lowest BCUT2D eigenvalue weighted by atomic mass is 10.0. The van der Waals surface area contributed by atoms with Crippen molar-refractivity contribution in [3.63, 3.8) is 0 Å². The van der Waals surface area contributed by atoms with Crippen molar-refractivity contribution in [2.24, 2.45) is 5.92 Å². The van der Waals surface area contributed by atoms with Gasteiger partial charge < -0.3 is 15.4 Å². The van der Waals surface area contributed by atoms with Gasteiger partial charge >= 0.3 is 0 Å². The smallest absolute Gasteiger partial charge is 0.255 e. The van der Waals surface area contributed by atoms with Gasteiger partial charge in [-0.3, -0.25) is 9.59 Å². The lowest BCUT2D eigenvalue weighted by Gasteiger charge is -2.23. The van der Waals surface area contributed by atoms with Crippen molar-refractivity contribution < 1.29 is 14.3 Å². The number of carbonyl (C=O) groups excluding carboxylic acids is 2. The number of anilines is 1. The fourth-order valence-electron chi connectivity index (χ4n) is 3.75. The summed E-state index contributed by atoms with van der Waals surface area (Å²) in [4.78, 5) is 25.8. The van der Waals surface area contributed by atoms with Crippen LogP contribution in [0.5, 0.6) is 5.75 Å². The number of hydrogen-bond acceptors (Lipinski definition) is 4. The first kappa shape index (κ1) is 20.9. The first-order valence-electron chi connectivity index (χ1n) is 10.4. The molecule has 0 radical (unpaired) electrons. The molecule has 1 atom stereocenters. The zero-order valence-corrected chi connectivity index (χ0v) is 17.4. The number of nitrogens with one attached hydrogen (secondary N) is 2. The summed E-state index contributed by atoms with van der Waals surface area (Å²) in [7, 11) is 0. The summed E-state index contributed by atoms with van der Waals surface area (Å²) >= 11 is 0. The Kier molecular flexibility index (Phi) is 6.90. The summed E-state index contributed by atoms with van der Waals surface area (Å²) in [5.74, 6) is 0.529. The number of amides is 2. The third-order valence-corrected chi connectivity index (χ3v) is 5.26. The first-order chi connectivity index (χ1) is 14.0. The molecule has 0 spiro atoms. The fourth-order valence-corrected chi connectivity index (χ4v) is 3.75. The van der Waals surface area contributed by atoms with Crippen LogP contribution in [-0.2, 0) is 4.79 Å². The second-order valence-electron chi connectivity index (χ2n) is 7.71. The van der Waals surface area contributed by atoms with E-state index in [1.165, 1.54) is 12.8 Å². The van der Waals surface area contributed by atoms with Gasteiger partial charge in [0.25, 0.3) is 5.91 Å². The highest BCUT2D eigenvalue weighted by atomic mass is 16.5. The first-order valence-corrected chi connectivity index (χ1v) is 10.4. The molecule has 1 saturated carbocycles. The molecule has 2 amide bonds. The molecule has 156 valence electrons. The average Bonchev–Trinajstić information content (AvgIpc) is 3.37. The van der Waals surface area contributed by atoms with Gasteiger partial charge in [0, 0.05) is 6.07 Å². The van der Waals surface area contributed by atoms with Gasteiger partial charge in [-0.25, -0.2) is 4.68 Å². The molecule has 0 bridgehead atoms. The average molecular weight is 399 g/mol. The summed E-state index contributed by atoms with van der Waals surface area (Å²) < 4.78 is 7.44. The minimum absolute atomic E-state index is 0.0824. The zero-order valence-electron chi connectivity index (χ0n) is 17.4. The summed E-state index contributed by atoms with van der Waals surface area (Å²) in [6, 6.07) is 8.50. The molecule has 1 heterocycles. The number of rotatable bonds is 8. The van der Waals surface area contributed by atoms with Gasteiger partial charge in [0.15, 0.2) is 0 Å². The van der Waals surface area contributed by atoms with Crippen LogP contribution in [0.2, 0.25) is 0 Å². The van der Waals surface area contributed by atoms with Crippen LogP contribution < -0.4 is 15.4 Å². The van der Waals surface area contributed by atoms with Crippen molar-refractivity contribution in [3.8, 4) is 5.75 Å². The Bertz CT molecular complexity index is 840. The van der Waals surface area contributed by atoms with Crippen molar-refractivity contribution in [2.45, 2.75) is 58.5 Å². The van der Waals surface area contributed by atoms with Crippen LogP contribution in [0.4, 0.5) is 5.82 Å². The van der Waals surface area contributed by atoms with Gasteiger partial charge in [-0.05, 0) is 37.8 Å². The highest BCUT2D eigenvalue weighted by Gasteiger charge is 2.28. The lowest BCUT2D eigenvalue weighted by Crippen LogP contribution is -2.47. The van der Waals surface area contributed by atoms with E-state index in [1.807, 2.05) is 31.5 Å². The molecule has 0 unspecified atom stereocenters. The molecule has 1 aliphatic carbocycles. The lowest BCUT2D eigenvalue weighted by molar-refractivity contribution is -0.118. The molecule has 1 fully saturated rings. The molecular formula is C22H30N4O3. The van der Waals surface area contributed by atoms with E-state index in [2.05, 4.69) is 15.7 Å². The van der Waals surface area contributed by atoms with E-state index in [-0.39, 0.29) is 17.7 Å². The van der Waals surface area contributed by atoms with E-state index in [1.54, 1.807) is 30.5 Å². The predicted octanol–water partition coefficient (Wildman–Crippen LogP) is 3.79. The van der Waals surface area contributed by atoms with Crippen molar-refractivity contribution in [1.82, 2.24) is 15.1 Å². The van der Waals surface area contributed by atoms with E-state index in [0.717, 1.165) is 12.8 Å². The summed E-state index contributed by atoms with van der Waals surface area (Å²) in [6.07, 6.45) is 6.21. The quantitative estimate of drug-likeness (QED) is 0.708. The number of benzene rings is 1. The third kappa shape index (κ3) is 4.96. The van der Waals surface area contributed by atoms with Crippen molar-refractivity contribution >= 4 is 17.6 Å². The SMILES string of the molecule is CCOc1ccccc1C(=O)N[C@H](C(=O)Nc1ccnn1C1CCCC1)C(C)C. The molecule has 1 aromatic heterocycles. The number of nitrogens with zero attached hydrogens (tertiary/aromatic N) is 2. The maximum Gasteiger partial charge on any atom is 0.255 e. The maximum absolute atomic E-state index is 13.0. The molecule has 1 aromatic carbocycles. The van der Waals surface area contributed by atoms with Gasteiger partial charge in [-0.15, -0.1) is 0 Å². The van der Waals surface area contributed by atoms with E-state index in [0.29, 0.717) is 29.8 Å². The number of para-hydroxylation sites is 1. The molecule has 7 nitrogen and oxygen atoms in total. The Hall–Kier alpha value is -2.83. The molecule has 3 rings (SSSR count).